The largest absolute Gasteiger partial charge is 0.395 e. The number of anilines is 1. The van der Waals surface area contributed by atoms with E-state index in [2.05, 4.69) is 29.9 Å². The summed E-state index contributed by atoms with van der Waals surface area (Å²) in [5.74, 6) is -0.226. The molecule has 2 saturated heterocycles. The van der Waals surface area contributed by atoms with Gasteiger partial charge in [0.05, 0.1) is 37.4 Å². The molecule has 10 atom stereocenters. The van der Waals surface area contributed by atoms with E-state index in [9.17, 15) is 24.5 Å². The number of nitrogens with zero attached hydrogens (tertiary/aromatic N) is 6. The van der Waals surface area contributed by atoms with Crippen molar-refractivity contribution in [3.8, 4) is 0 Å². The van der Waals surface area contributed by atoms with Gasteiger partial charge < -0.3 is 39.4 Å². The summed E-state index contributed by atoms with van der Waals surface area (Å²) in [5, 5.41) is 7.69. The normalized spacial score (nSPS) is 30.7. The second-order valence-corrected chi connectivity index (χ2v) is 15.7. The van der Waals surface area contributed by atoms with Gasteiger partial charge in [0.1, 0.15) is 29.9 Å². The molecule has 18 nitrogen and oxygen atoms in total. The summed E-state index contributed by atoms with van der Waals surface area (Å²) < 4.78 is 55.8. The van der Waals surface area contributed by atoms with Crippen LogP contribution in [0.2, 0.25) is 0 Å². The van der Waals surface area contributed by atoms with Crippen molar-refractivity contribution < 1.29 is 42.0 Å². The molecule has 4 aromatic heterocycles. The standard InChI is InChI=1S/C20H23F2N9O9P2S3/c21-8-7(1-32)45-19(31-5-27-11-15(31)28-20(23)29-17(11)34)13(8)40-42(36,44)37-2-6-12(39-41(35)43)9(22)18(38-6)30-4-26-10-14(30)24-3-25-16(10)33/h3-9,12-13,18-19,32,41H,1-2H2,(H,35,43)(H,36,44)(H,24,25,33)(H3,23,28,29,34)/t6-,7-,8-,9+,12-,13-,18-,19-,42?/m1/s1. The molecular formula is C20H23F2N9O9P2S3. The Morgan fingerprint density at radius 2 is 1.84 bits per heavy atom. The topological polar surface area (TPSA) is 251 Å². The zero-order valence-electron chi connectivity index (χ0n) is 22.2. The van der Waals surface area contributed by atoms with Crippen molar-refractivity contribution in [3.63, 3.8) is 0 Å². The Labute approximate surface area is 264 Å². The van der Waals surface area contributed by atoms with Crippen molar-refractivity contribution in [1.82, 2.24) is 39.0 Å². The van der Waals surface area contributed by atoms with Crippen molar-refractivity contribution in [2.75, 3.05) is 18.9 Å². The Hall–Kier alpha value is -2.27. The molecule has 6 rings (SSSR count). The number of ether oxygens (including phenoxy) is 1. The number of hydrogen-bond donors (Lipinski definition) is 6. The van der Waals surface area contributed by atoms with Gasteiger partial charge in [-0.1, -0.05) is 0 Å². The number of aromatic amines is 2. The molecule has 4 aromatic rings. The number of aliphatic hydroxyl groups is 1. The number of alkyl halides is 2. The molecule has 25 heteroatoms. The summed E-state index contributed by atoms with van der Waals surface area (Å²) in [6.07, 6.45) is -6.30. The van der Waals surface area contributed by atoms with Crippen LogP contribution in [0.5, 0.6) is 0 Å². The van der Waals surface area contributed by atoms with Crippen LogP contribution >= 0.6 is 25.6 Å². The third-order valence-electron chi connectivity index (χ3n) is 6.97. The minimum atomic E-state index is -4.36. The Balaban J connectivity index is 1.23. The number of rotatable bonds is 10. The quantitative estimate of drug-likeness (QED) is 0.113. The van der Waals surface area contributed by atoms with Crippen molar-refractivity contribution >= 4 is 77.5 Å². The summed E-state index contributed by atoms with van der Waals surface area (Å²) in [6, 6.07) is 0. The smallest absolute Gasteiger partial charge is 0.325 e. The fraction of sp³-hybridized carbons (Fsp3) is 0.500. The molecular weight excluding hydrogens is 706 g/mol. The molecule has 6 heterocycles. The number of fused-ring (bicyclic) bond motifs is 2. The van der Waals surface area contributed by atoms with Gasteiger partial charge >= 0.3 is 6.72 Å². The zero-order chi connectivity index (χ0) is 32.2. The summed E-state index contributed by atoms with van der Waals surface area (Å²) in [4.78, 5) is 65.7. The molecule has 2 aliphatic rings. The van der Waals surface area contributed by atoms with E-state index < -0.39 is 85.7 Å². The number of aliphatic hydroxyl groups excluding tert-OH is 1. The molecule has 2 aliphatic heterocycles. The van der Waals surface area contributed by atoms with Crippen LogP contribution in [-0.2, 0) is 41.9 Å². The number of thioether (sulfide) groups is 1. The molecule has 0 saturated carbocycles. The molecule has 0 spiro atoms. The lowest BCUT2D eigenvalue weighted by Crippen LogP contribution is -2.34. The van der Waals surface area contributed by atoms with Gasteiger partial charge in [-0.25, -0.2) is 23.7 Å². The molecule has 0 bridgehead atoms. The van der Waals surface area contributed by atoms with Crippen molar-refractivity contribution in [3.05, 3.63) is 39.7 Å². The van der Waals surface area contributed by atoms with Gasteiger partial charge in [-0.05, 0) is 23.6 Å². The molecule has 2 unspecified atom stereocenters. The van der Waals surface area contributed by atoms with Crippen molar-refractivity contribution in [1.29, 1.82) is 0 Å². The monoisotopic (exact) mass is 729 g/mol. The summed E-state index contributed by atoms with van der Waals surface area (Å²) in [7, 11) is -2.89. The first-order valence-corrected chi connectivity index (χ1v) is 18.8. The van der Waals surface area contributed by atoms with Gasteiger partial charge in [0, 0.05) is 0 Å². The highest BCUT2D eigenvalue weighted by molar-refractivity contribution is 8.07. The van der Waals surface area contributed by atoms with Crippen LogP contribution in [-0.4, -0.2) is 103 Å². The van der Waals surface area contributed by atoms with Crippen molar-refractivity contribution in [2.24, 2.45) is 0 Å². The summed E-state index contributed by atoms with van der Waals surface area (Å²) in [6.45, 7) is -5.62. The number of nitrogens with one attached hydrogen (secondary N) is 2. The van der Waals surface area contributed by atoms with Crippen molar-refractivity contribution in [2.45, 2.75) is 47.5 Å². The number of nitrogen functional groups attached to an aromatic ring is 1. The molecule has 0 radical (unpaired) electrons. The minimum absolute atomic E-state index is 0.00214. The maximum Gasteiger partial charge on any atom is 0.325 e. The molecule has 0 aliphatic carbocycles. The highest BCUT2D eigenvalue weighted by Gasteiger charge is 2.51. The molecule has 2 fully saturated rings. The number of H-pyrrole nitrogens is 2. The van der Waals surface area contributed by atoms with Crippen LogP contribution in [0, 0.1) is 0 Å². The molecule has 0 amide bonds. The van der Waals surface area contributed by atoms with E-state index in [0.717, 1.165) is 29.0 Å². The van der Waals surface area contributed by atoms with Gasteiger partial charge in [-0.2, -0.15) is 4.98 Å². The Morgan fingerprint density at radius 3 is 2.56 bits per heavy atom. The lowest BCUT2D eigenvalue weighted by molar-refractivity contribution is -0.0433. The van der Waals surface area contributed by atoms with Gasteiger partial charge in [0.25, 0.3) is 11.1 Å². The van der Waals surface area contributed by atoms with E-state index in [1.165, 1.54) is 10.9 Å². The SMILES string of the molecule is Nc1nc2c(ncn2[C@@H]2S[C@H](CO)[C@@H](F)[C@H]2OP(O)(=S)OC[C@H]2O[C@@H](n3cnc4c(=O)[nH]cnc43)[C@@H](F)[C@@H]2O[PH](O)=S)c(=O)[nH]1. The minimum Gasteiger partial charge on any atom is -0.395 e. The van der Waals surface area contributed by atoms with Crippen LogP contribution in [0.1, 0.15) is 11.6 Å². The third kappa shape index (κ3) is 6.24. The van der Waals surface area contributed by atoms with Crippen LogP contribution < -0.4 is 16.9 Å². The number of aromatic nitrogens is 8. The lowest BCUT2D eigenvalue weighted by Gasteiger charge is -2.27. The Morgan fingerprint density at radius 1 is 1.13 bits per heavy atom. The number of halogens is 2. The van der Waals surface area contributed by atoms with Gasteiger partial charge in [-0.15, -0.1) is 11.8 Å². The fourth-order valence-corrected chi connectivity index (χ4v) is 8.76. The predicted molar refractivity (Wildman–Crippen MR) is 162 cm³/mol. The van der Waals surface area contributed by atoms with E-state index in [1.807, 2.05) is 0 Å². The molecule has 7 N–H and O–H groups in total. The average Bonchev–Trinajstić information content (AvgIpc) is 3.73. The highest BCUT2D eigenvalue weighted by atomic mass is 32.5. The molecule has 0 aromatic carbocycles. The first-order chi connectivity index (χ1) is 21.4. The lowest BCUT2D eigenvalue weighted by atomic mass is 10.1. The van der Waals surface area contributed by atoms with Crippen LogP contribution in [0.25, 0.3) is 22.3 Å². The maximum absolute atomic E-state index is 15.7. The van der Waals surface area contributed by atoms with E-state index in [1.54, 1.807) is 0 Å². The Kier molecular flexibility index (Phi) is 9.24. The van der Waals surface area contributed by atoms with Gasteiger partial charge in [0.15, 0.2) is 41.9 Å². The first kappa shape index (κ1) is 32.7. The Bertz CT molecular complexity index is 1930. The zero-order valence-corrected chi connectivity index (χ0v) is 26.6. The predicted octanol–water partition coefficient (Wildman–Crippen LogP) is -0.483. The second kappa shape index (κ2) is 12.7. The van der Waals surface area contributed by atoms with Crippen LogP contribution in [0.4, 0.5) is 14.7 Å². The number of hydrogen-bond acceptors (Lipinski definition) is 15. The number of imidazole rings is 2. The summed E-state index contributed by atoms with van der Waals surface area (Å²) >= 11 is 10.8. The second-order valence-electron chi connectivity index (χ2n) is 9.72. The van der Waals surface area contributed by atoms with Crippen LogP contribution in [0.15, 0.2) is 28.6 Å². The van der Waals surface area contributed by atoms with Gasteiger partial charge in [0.2, 0.25) is 5.95 Å². The fourth-order valence-electron chi connectivity index (χ4n) is 5.02. The first-order valence-electron chi connectivity index (χ1n) is 12.8. The molecule has 45 heavy (non-hydrogen) atoms. The van der Waals surface area contributed by atoms with Crippen LogP contribution in [0.3, 0.4) is 0 Å². The van der Waals surface area contributed by atoms with Gasteiger partial charge in [-0.3, -0.25) is 28.2 Å². The van der Waals surface area contributed by atoms with E-state index in [-0.39, 0.29) is 28.3 Å². The van der Waals surface area contributed by atoms with E-state index in [4.69, 9.17) is 47.7 Å². The average molecular weight is 730 g/mol. The van der Waals surface area contributed by atoms with E-state index in [0.29, 0.717) is 0 Å². The highest BCUT2D eigenvalue weighted by Crippen LogP contribution is 2.54. The summed E-state index contributed by atoms with van der Waals surface area (Å²) in [5.41, 5.74) is 4.27. The molecule has 244 valence electrons. The van der Waals surface area contributed by atoms with E-state index >= 15 is 8.78 Å². The third-order valence-corrected chi connectivity index (χ3v) is 10.8. The number of nitrogens with two attached hydrogens (primary N) is 1. The maximum atomic E-state index is 15.7.